The summed E-state index contributed by atoms with van der Waals surface area (Å²) in [6.45, 7) is 0. The van der Waals surface area contributed by atoms with Crippen molar-refractivity contribution < 1.29 is 9.47 Å². The number of rotatable bonds is 5. The monoisotopic (exact) mass is 373 g/mol. The van der Waals surface area contributed by atoms with Crippen molar-refractivity contribution in [3.63, 3.8) is 0 Å². The predicted molar refractivity (Wildman–Crippen MR) is 105 cm³/mol. The molecule has 1 N–H and O–H groups in total. The zero-order chi connectivity index (χ0) is 19.7. The minimum Gasteiger partial charge on any atom is -0.497 e. The molecule has 3 aromatic rings. The second kappa shape index (κ2) is 6.89. The normalized spacial score (nSPS) is 12.1. The van der Waals surface area contributed by atoms with Crippen molar-refractivity contribution >= 4 is 28.4 Å². The Morgan fingerprint density at radius 3 is 2.43 bits per heavy atom. The van der Waals surface area contributed by atoms with Gasteiger partial charge in [-0.2, -0.15) is 10.2 Å². The van der Waals surface area contributed by atoms with E-state index in [1.807, 2.05) is 12.1 Å². The molecule has 1 aromatic carbocycles. The highest BCUT2D eigenvalue weighted by atomic mass is 16.5. The van der Waals surface area contributed by atoms with Gasteiger partial charge in [0.2, 0.25) is 5.95 Å². The molecule has 8 nitrogen and oxygen atoms in total. The second-order valence-electron chi connectivity index (χ2n) is 5.96. The lowest BCUT2D eigenvalue weighted by molar-refractivity contribution is 0.395. The third kappa shape index (κ3) is 2.95. The van der Waals surface area contributed by atoms with Crippen LogP contribution in [0.4, 0.5) is 11.6 Å². The van der Waals surface area contributed by atoms with E-state index in [1.165, 1.54) is 10.6 Å². The van der Waals surface area contributed by atoms with E-state index < -0.39 is 5.56 Å². The van der Waals surface area contributed by atoms with Gasteiger partial charge in [0.1, 0.15) is 23.1 Å². The number of ether oxygens (including phenoxy) is 2. The van der Waals surface area contributed by atoms with Crippen LogP contribution in [0.2, 0.25) is 0 Å². The molecular weight excluding hydrogens is 358 g/mol. The second-order valence-corrected chi connectivity index (χ2v) is 5.96. The molecule has 0 amide bonds. The summed E-state index contributed by atoms with van der Waals surface area (Å²) in [7, 11) is 3.13. The van der Waals surface area contributed by atoms with Gasteiger partial charge >= 0.3 is 0 Å². The number of nitrogens with zero attached hydrogens (tertiary/aromatic N) is 4. The standard InChI is InChI=1S/C20H15N5O3/c1-27-16-7-14(8-17(9-16)28-2)23-20-22-11-13-6-12(10-21)19(26)25(18(13)24-20)15-4-3-5-15/h3-9,11H,1-2H3,(H,22,23,24). The zero-order valence-electron chi connectivity index (χ0n) is 15.1. The number of hydrogen-bond donors (Lipinski definition) is 1. The van der Waals surface area contributed by atoms with E-state index in [1.54, 1.807) is 50.8 Å². The molecule has 0 saturated heterocycles. The van der Waals surface area contributed by atoms with Gasteiger partial charge in [-0.15, -0.1) is 0 Å². The molecule has 0 bridgehead atoms. The number of methoxy groups -OCH3 is 2. The van der Waals surface area contributed by atoms with Crippen molar-refractivity contribution in [2.45, 2.75) is 0 Å². The Bertz CT molecular complexity index is 1230. The largest absolute Gasteiger partial charge is 0.497 e. The van der Waals surface area contributed by atoms with Crippen molar-refractivity contribution in [2.75, 3.05) is 19.5 Å². The Morgan fingerprint density at radius 2 is 1.86 bits per heavy atom. The quantitative estimate of drug-likeness (QED) is 0.733. The van der Waals surface area contributed by atoms with Crippen LogP contribution in [0.15, 0.2) is 53.5 Å². The summed E-state index contributed by atoms with van der Waals surface area (Å²) < 4.78 is 11.9. The fraction of sp³-hybridized carbons (Fsp3) is 0.100. The number of anilines is 2. The third-order valence-corrected chi connectivity index (χ3v) is 4.26. The van der Waals surface area contributed by atoms with Crippen LogP contribution >= 0.6 is 0 Å². The van der Waals surface area contributed by atoms with Crippen LogP contribution in [0, 0.1) is 11.3 Å². The Morgan fingerprint density at radius 1 is 1.14 bits per heavy atom. The number of benzene rings is 1. The first-order valence-electron chi connectivity index (χ1n) is 8.34. The van der Waals surface area contributed by atoms with Gasteiger partial charge in [0.25, 0.3) is 5.56 Å². The van der Waals surface area contributed by atoms with E-state index in [9.17, 15) is 10.1 Å². The number of allylic oxidation sites excluding steroid dienone is 4. The number of aromatic nitrogens is 3. The van der Waals surface area contributed by atoms with Crippen LogP contribution in [-0.4, -0.2) is 28.8 Å². The van der Waals surface area contributed by atoms with Crippen LogP contribution in [0.1, 0.15) is 5.56 Å². The first-order valence-corrected chi connectivity index (χ1v) is 8.34. The summed E-state index contributed by atoms with van der Waals surface area (Å²) in [4.78, 5) is 21.4. The van der Waals surface area contributed by atoms with Gasteiger partial charge in [0.15, 0.2) is 5.65 Å². The molecule has 0 radical (unpaired) electrons. The summed E-state index contributed by atoms with van der Waals surface area (Å²) in [6, 6.07) is 8.73. The number of pyridine rings is 1. The molecule has 2 heterocycles. The number of fused-ring (bicyclic) bond motifs is 1. The Kier molecular flexibility index (Phi) is 4.26. The van der Waals surface area contributed by atoms with Crippen molar-refractivity contribution in [1.82, 2.24) is 14.5 Å². The third-order valence-electron chi connectivity index (χ3n) is 4.26. The van der Waals surface area contributed by atoms with Crippen LogP contribution in [0.5, 0.6) is 11.5 Å². The highest BCUT2D eigenvalue weighted by Gasteiger charge is 2.15. The zero-order valence-corrected chi connectivity index (χ0v) is 15.1. The maximum absolute atomic E-state index is 12.6. The van der Waals surface area contributed by atoms with E-state index in [2.05, 4.69) is 15.3 Å². The fourth-order valence-corrected chi connectivity index (χ4v) is 2.82. The van der Waals surface area contributed by atoms with Crippen LogP contribution in [-0.2, 0) is 0 Å². The summed E-state index contributed by atoms with van der Waals surface area (Å²) in [5, 5.41) is 12.9. The van der Waals surface area contributed by atoms with E-state index in [4.69, 9.17) is 9.47 Å². The minimum atomic E-state index is -0.418. The molecule has 4 rings (SSSR count). The van der Waals surface area contributed by atoms with Gasteiger partial charge in [-0.1, -0.05) is 6.08 Å². The van der Waals surface area contributed by atoms with Gasteiger partial charge < -0.3 is 14.8 Å². The van der Waals surface area contributed by atoms with E-state index in [0.29, 0.717) is 39.9 Å². The average molecular weight is 373 g/mol. The van der Waals surface area contributed by atoms with Gasteiger partial charge in [0, 0.05) is 35.5 Å². The first kappa shape index (κ1) is 17.3. The molecular formula is C20H15N5O3. The Hall–Kier alpha value is -4.12. The van der Waals surface area contributed by atoms with Gasteiger partial charge in [-0.3, -0.25) is 9.36 Å². The molecule has 0 saturated carbocycles. The summed E-state index contributed by atoms with van der Waals surface area (Å²) >= 11 is 0. The van der Waals surface area contributed by atoms with Crippen molar-refractivity contribution in [3.05, 3.63) is 64.6 Å². The molecule has 0 fully saturated rings. The van der Waals surface area contributed by atoms with Crippen LogP contribution < -0.4 is 20.3 Å². The lowest BCUT2D eigenvalue weighted by Gasteiger charge is -2.15. The van der Waals surface area contributed by atoms with Gasteiger partial charge in [-0.25, -0.2) is 4.98 Å². The maximum Gasteiger partial charge on any atom is 0.274 e. The number of hydrogen-bond acceptors (Lipinski definition) is 7. The molecule has 0 unspecified atom stereocenters. The molecule has 0 aliphatic heterocycles. The fourth-order valence-electron chi connectivity index (χ4n) is 2.82. The molecule has 0 atom stereocenters. The SMILES string of the molecule is COc1cc(Nc2ncc3cc(C#N)c(=O)n(C4=CC=C4)c3n2)cc(OC)c1. The molecule has 1 aliphatic carbocycles. The van der Waals surface area contributed by atoms with Crippen molar-refractivity contribution in [3.8, 4) is 17.6 Å². The Labute approximate surface area is 160 Å². The van der Waals surface area contributed by atoms with Gasteiger partial charge in [0.05, 0.1) is 19.9 Å². The van der Waals surface area contributed by atoms with Crippen LogP contribution in [0.25, 0.3) is 16.7 Å². The minimum absolute atomic E-state index is 0.0375. The summed E-state index contributed by atoms with van der Waals surface area (Å²) in [6.07, 6.45) is 6.95. The molecule has 1 aliphatic rings. The van der Waals surface area contributed by atoms with Crippen molar-refractivity contribution in [1.29, 1.82) is 5.26 Å². The van der Waals surface area contributed by atoms with Crippen LogP contribution in [0.3, 0.4) is 0 Å². The lowest BCUT2D eigenvalue weighted by Crippen LogP contribution is -2.23. The Balaban J connectivity index is 1.82. The van der Waals surface area contributed by atoms with E-state index in [0.717, 1.165) is 0 Å². The smallest absolute Gasteiger partial charge is 0.274 e. The summed E-state index contributed by atoms with van der Waals surface area (Å²) in [5.74, 6) is 1.52. The molecule has 8 heteroatoms. The molecule has 28 heavy (non-hydrogen) atoms. The van der Waals surface area contributed by atoms with E-state index in [-0.39, 0.29) is 5.56 Å². The molecule has 138 valence electrons. The first-order chi connectivity index (χ1) is 13.6. The highest BCUT2D eigenvalue weighted by Crippen LogP contribution is 2.28. The topological polar surface area (TPSA) is 102 Å². The maximum atomic E-state index is 12.6. The highest BCUT2D eigenvalue weighted by molar-refractivity contribution is 5.83. The number of nitrogens with one attached hydrogen (secondary N) is 1. The van der Waals surface area contributed by atoms with E-state index >= 15 is 0 Å². The number of nitriles is 1. The molecule has 2 aromatic heterocycles. The van der Waals surface area contributed by atoms with Gasteiger partial charge in [-0.05, 0) is 18.2 Å². The van der Waals surface area contributed by atoms with Crippen molar-refractivity contribution in [2.24, 2.45) is 0 Å². The average Bonchev–Trinajstić information content (AvgIpc) is 2.68. The predicted octanol–water partition coefficient (Wildman–Crippen LogP) is 2.83. The summed E-state index contributed by atoms with van der Waals surface area (Å²) in [5.41, 5.74) is 1.36. The molecule has 0 spiro atoms. The lowest BCUT2D eigenvalue weighted by atomic mass is 10.1.